The number of rotatable bonds is 7. The molecule has 1 aromatic carbocycles. The maximum Gasteiger partial charge on any atom is 0.335 e. The van der Waals surface area contributed by atoms with Crippen LogP contribution in [0.3, 0.4) is 0 Å². The molecule has 1 fully saturated rings. The van der Waals surface area contributed by atoms with E-state index in [0.717, 1.165) is 12.8 Å². The number of aromatic nitrogens is 2. The molecule has 1 heterocycles. The Morgan fingerprint density at radius 2 is 2.17 bits per heavy atom. The molecule has 1 aliphatic carbocycles. The van der Waals surface area contributed by atoms with Crippen LogP contribution in [0, 0.1) is 5.92 Å². The van der Waals surface area contributed by atoms with Crippen LogP contribution in [-0.4, -0.2) is 35.2 Å². The summed E-state index contributed by atoms with van der Waals surface area (Å²) in [6, 6.07) is 4.56. The van der Waals surface area contributed by atoms with E-state index < -0.39 is 16.0 Å². The number of benzene rings is 1. The Labute approximate surface area is 134 Å². The fourth-order valence-corrected chi connectivity index (χ4v) is 3.78. The van der Waals surface area contributed by atoms with E-state index in [4.69, 9.17) is 5.11 Å². The van der Waals surface area contributed by atoms with Crippen molar-refractivity contribution in [1.82, 2.24) is 14.7 Å². The maximum atomic E-state index is 12.0. The minimum Gasteiger partial charge on any atom is -0.478 e. The molecule has 23 heavy (non-hydrogen) atoms. The molecule has 0 unspecified atom stereocenters. The second kappa shape index (κ2) is 6.29. The van der Waals surface area contributed by atoms with Crippen LogP contribution in [0.25, 0.3) is 11.0 Å². The van der Waals surface area contributed by atoms with Gasteiger partial charge in [-0.15, -0.1) is 0 Å². The number of carboxylic acid groups (broad SMARTS) is 1. The van der Waals surface area contributed by atoms with Crippen LogP contribution in [-0.2, 0) is 16.6 Å². The average molecular weight is 337 g/mol. The number of H-pyrrole nitrogens is 1. The highest BCUT2D eigenvalue weighted by atomic mass is 32.2. The predicted octanol–water partition coefficient (Wildman–Crippen LogP) is 1.87. The number of sulfonamides is 1. The lowest BCUT2D eigenvalue weighted by Gasteiger charge is -2.24. The number of nitrogens with one attached hydrogen (secondary N) is 2. The Bertz CT molecular complexity index is 824. The SMILES string of the molecule is O=C(O)c1ccc2nc(CNS(=O)(=O)CCC3CCC3)[nH]c2c1. The molecule has 0 spiro atoms. The second-order valence-corrected chi connectivity index (χ2v) is 7.87. The van der Waals surface area contributed by atoms with E-state index in [-0.39, 0.29) is 17.9 Å². The first-order valence-corrected chi connectivity index (χ1v) is 9.27. The van der Waals surface area contributed by atoms with Crippen molar-refractivity contribution in [3.63, 3.8) is 0 Å². The lowest BCUT2D eigenvalue weighted by molar-refractivity contribution is 0.0697. The zero-order chi connectivity index (χ0) is 16.4. The number of hydrogen-bond acceptors (Lipinski definition) is 4. The lowest BCUT2D eigenvalue weighted by Crippen LogP contribution is -2.28. The van der Waals surface area contributed by atoms with Crippen LogP contribution in [0.1, 0.15) is 41.9 Å². The topological polar surface area (TPSA) is 112 Å². The van der Waals surface area contributed by atoms with Crippen molar-refractivity contribution >= 4 is 27.0 Å². The van der Waals surface area contributed by atoms with E-state index in [9.17, 15) is 13.2 Å². The summed E-state index contributed by atoms with van der Waals surface area (Å²) in [6.07, 6.45) is 4.17. The summed E-state index contributed by atoms with van der Waals surface area (Å²) in [4.78, 5) is 18.2. The van der Waals surface area contributed by atoms with Crippen LogP contribution in [0.15, 0.2) is 18.2 Å². The van der Waals surface area contributed by atoms with E-state index in [2.05, 4.69) is 14.7 Å². The summed E-state index contributed by atoms with van der Waals surface area (Å²) < 4.78 is 26.5. The van der Waals surface area contributed by atoms with Crippen LogP contribution in [0.4, 0.5) is 0 Å². The summed E-state index contributed by atoms with van der Waals surface area (Å²) in [5.41, 5.74) is 1.35. The first-order valence-electron chi connectivity index (χ1n) is 7.62. The molecule has 7 nitrogen and oxygen atoms in total. The Morgan fingerprint density at radius 3 is 2.83 bits per heavy atom. The highest BCUT2D eigenvalue weighted by Crippen LogP contribution is 2.29. The van der Waals surface area contributed by atoms with Crippen molar-refractivity contribution in [2.75, 3.05) is 5.75 Å². The molecule has 0 bridgehead atoms. The van der Waals surface area contributed by atoms with Crippen LogP contribution < -0.4 is 4.72 Å². The molecule has 1 aromatic heterocycles. The van der Waals surface area contributed by atoms with Gasteiger partial charge in [0.25, 0.3) is 0 Å². The summed E-state index contributed by atoms with van der Waals surface area (Å²) in [7, 11) is -3.31. The second-order valence-electron chi connectivity index (χ2n) is 5.95. The van der Waals surface area contributed by atoms with Crippen molar-refractivity contribution in [3.05, 3.63) is 29.6 Å². The molecule has 0 aliphatic heterocycles. The van der Waals surface area contributed by atoms with Crippen LogP contribution >= 0.6 is 0 Å². The monoisotopic (exact) mass is 337 g/mol. The van der Waals surface area contributed by atoms with E-state index in [0.29, 0.717) is 29.2 Å². The van der Waals surface area contributed by atoms with Gasteiger partial charge in [-0.3, -0.25) is 0 Å². The molecule has 3 rings (SSSR count). The molecule has 0 saturated heterocycles. The number of aromatic amines is 1. The third-order valence-corrected chi connectivity index (χ3v) is 5.61. The van der Waals surface area contributed by atoms with Crippen LogP contribution in [0.2, 0.25) is 0 Å². The third-order valence-electron chi connectivity index (χ3n) is 4.26. The van der Waals surface area contributed by atoms with Crippen molar-refractivity contribution in [2.24, 2.45) is 5.92 Å². The molecular weight excluding hydrogens is 318 g/mol. The maximum absolute atomic E-state index is 12.0. The highest BCUT2D eigenvalue weighted by molar-refractivity contribution is 7.89. The van der Waals surface area contributed by atoms with Gasteiger partial charge in [0, 0.05) is 0 Å². The fourth-order valence-electron chi connectivity index (χ4n) is 2.63. The van der Waals surface area contributed by atoms with Gasteiger partial charge >= 0.3 is 5.97 Å². The van der Waals surface area contributed by atoms with Gasteiger partial charge < -0.3 is 10.1 Å². The van der Waals surface area contributed by atoms with Gasteiger partial charge in [-0.1, -0.05) is 19.3 Å². The number of imidazole rings is 1. The van der Waals surface area contributed by atoms with Gasteiger partial charge in [0.15, 0.2) is 0 Å². The largest absolute Gasteiger partial charge is 0.478 e. The summed E-state index contributed by atoms with van der Waals surface area (Å²) in [5.74, 6) is 0.142. The fraction of sp³-hybridized carbons (Fsp3) is 0.467. The number of hydrogen-bond donors (Lipinski definition) is 3. The third kappa shape index (κ3) is 3.89. The van der Waals surface area contributed by atoms with Gasteiger partial charge in [0.1, 0.15) is 5.82 Å². The van der Waals surface area contributed by atoms with Crippen LogP contribution in [0.5, 0.6) is 0 Å². The summed E-state index contributed by atoms with van der Waals surface area (Å²) >= 11 is 0. The van der Waals surface area contributed by atoms with E-state index >= 15 is 0 Å². The van der Waals surface area contributed by atoms with Gasteiger partial charge in [-0.2, -0.15) is 0 Å². The lowest BCUT2D eigenvalue weighted by atomic mass is 9.84. The Balaban J connectivity index is 1.63. The smallest absolute Gasteiger partial charge is 0.335 e. The highest BCUT2D eigenvalue weighted by Gasteiger charge is 2.20. The van der Waals surface area contributed by atoms with Crippen molar-refractivity contribution in [1.29, 1.82) is 0 Å². The summed E-state index contributed by atoms with van der Waals surface area (Å²) in [6.45, 7) is 0.0735. The minimum atomic E-state index is -3.31. The molecule has 8 heteroatoms. The van der Waals surface area contributed by atoms with Gasteiger partial charge in [0.2, 0.25) is 10.0 Å². The first kappa shape index (κ1) is 15.9. The van der Waals surface area contributed by atoms with E-state index in [1.165, 1.54) is 18.6 Å². The number of fused-ring (bicyclic) bond motifs is 1. The summed E-state index contributed by atoms with van der Waals surface area (Å²) in [5, 5.41) is 8.96. The molecular formula is C15H19N3O4S. The molecule has 1 aliphatic rings. The minimum absolute atomic E-state index is 0.0735. The molecule has 0 amide bonds. The van der Waals surface area contributed by atoms with Crippen molar-refractivity contribution in [2.45, 2.75) is 32.2 Å². The molecule has 0 radical (unpaired) electrons. The zero-order valence-corrected chi connectivity index (χ0v) is 13.4. The average Bonchev–Trinajstić information content (AvgIpc) is 2.85. The first-order chi connectivity index (χ1) is 10.9. The Kier molecular flexibility index (Phi) is 4.36. The number of nitrogens with zero attached hydrogens (tertiary/aromatic N) is 1. The van der Waals surface area contributed by atoms with E-state index in [1.807, 2.05) is 0 Å². The Morgan fingerprint density at radius 1 is 1.39 bits per heavy atom. The van der Waals surface area contributed by atoms with Gasteiger partial charge in [-0.05, 0) is 30.5 Å². The van der Waals surface area contributed by atoms with Crippen molar-refractivity contribution < 1.29 is 18.3 Å². The van der Waals surface area contributed by atoms with Gasteiger partial charge in [0.05, 0.1) is 28.9 Å². The van der Waals surface area contributed by atoms with E-state index in [1.54, 1.807) is 6.07 Å². The molecule has 2 aromatic rings. The predicted molar refractivity (Wildman–Crippen MR) is 85.6 cm³/mol. The standard InChI is InChI=1S/C15H19N3O4S/c19-15(20)11-4-5-12-13(8-11)18-14(17-12)9-16-23(21,22)7-6-10-2-1-3-10/h4-5,8,10,16H,1-3,6-7,9H2,(H,17,18)(H,19,20). The zero-order valence-electron chi connectivity index (χ0n) is 12.6. The number of carbonyl (C=O) groups is 1. The quantitative estimate of drug-likeness (QED) is 0.714. The van der Waals surface area contributed by atoms with Crippen molar-refractivity contribution in [3.8, 4) is 0 Å². The number of carboxylic acids is 1. The molecule has 0 atom stereocenters. The molecule has 124 valence electrons. The van der Waals surface area contributed by atoms with Gasteiger partial charge in [-0.25, -0.2) is 22.9 Å². The number of aromatic carboxylic acids is 1. The molecule has 1 saturated carbocycles. The Hall–Kier alpha value is -1.93. The molecule has 3 N–H and O–H groups in total. The normalized spacial score (nSPS) is 15.7.